The van der Waals surface area contributed by atoms with Crippen molar-refractivity contribution in [2.75, 3.05) is 32.1 Å². The second kappa shape index (κ2) is 11.2. The molecule has 1 amide bonds. The van der Waals surface area contributed by atoms with Crippen LogP contribution in [0.4, 0.5) is 9.52 Å². The van der Waals surface area contributed by atoms with Crippen molar-refractivity contribution in [2.45, 2.75) is 6.42 Å². The summed E-state index contributed by atoms with van der Waals surface area (Å²) in [7, 11) is 3.98. The average molecular weight is 486 g/mol. The molecule has 3 aromatic carbocycles. The molecule has 5 nitrogen and oxygen atoms in total. The van der Waals surface area contributed by atoms with Gasteiger partial charge in [-0.25, -0.2) is 9.37 Å². The minimum absolute atomic E-state index is 0. The van der Waals surface area contributed by atoms with Crippen molar-refractivity contribution in [3.63, 3.8) is 0 Å². The number of ether oxygens (including phenoxy) is 1. The minimum Gasteiger partial charge on any atom is -0.457 e. The molecule has 0 aliphatic rings. The number of hydrogen-bond donors (Lipinski definition) is 0. The van der Waals surface area contributed by atoms with Crippen LogP contribution in [-0.4, -0.2) is 43.0 Å². The summed E-state index contributed by atoms with van der Waals surface area (Å²) in [6, 6.07) is 21.4. The van der Waals surface area contributed by atoms with Crippen LogP contribution in [0.15, 0.2) is 72.8 Å². The van der Waals surface area contributed by atoms with E-state index in [1.54, 1.807) is 35.2 Å². The number of hydrogen-bond acceptors (Lipinski definition) is 5. The summed E-state index contributed by atoms with van der Waals surface area (Å²) in [6.07, 6.45) is 0.770. The van der Waals surface area contributed by atoms with E-state index in [0.29, 0.717) is 28.5 Å². The molecule has 4 rings (SSSR count). The van der Waals surface area contributed by atoms with Crippen molar-refractivity contribution >= 4 is 45.0 Å². The van der Waals surface area contributed by atoms with Crippen LogP contribution in [0.25, 0.3) is 10.2 Å². The van der Waals surface area contributed by atoms with Crippen molar-refractivity contribution in [2.24, 2.45) is 0 Å². The minimum atomic E-state index is -0.381. The number of thiazole rings is 1. The van der Waals surface area contributed by atoms with Crippen molar-refractivity contribution in [1.82, 2.24) is 9.88 Å². The molecule has 33 heavy (non-hydrogen) atoms. The van der Waals surface area contributed by atoms with E-state index in [2.05, 4.69) is 9.88 Å². The van der Waals surface area contributed by atoms with Gasteiger partial charge >= 0.3 is 0 Å². The van der Waals surface area contributed by atoms with E-state index in [-0.39, 0.29) is 24.1 Å². The molecule has 8 heteroatoms. The molecule has 0 radical (unpaired) electrons. The fourth-order valence-electron chi connectivity index (χ4n) is 3.29. The number of para-hydroxylation sites is 2. The van der Waals surface area contributed by atoms with Gasteiger partial charge in [-0.3, -0.25) is 9.69 Å². The molecule has 0 bridgehead atoms. The highest BCUT2D eigenvalue weighted by Crippen LogP contribution is 2.31. The first-order valence-corrected chi connectivity index (χ1v) is 11.2. The molecule has 172 valence electrons. The van der Waals surface area contributed by atoms with Crippen LogP contribution >= 0.6 is 23.7 Å². The van der Waals surface area contributed by atoms with E-state index in [9.17, 15) is 9.18 Å². The van der Waals surface area contributed by atoms with Gasteiger partial charge in [0, 0.05) is 12.1 Å². The van der Waals surface area contributed by atoms with Gasteiger partial charge < -0.3 is 9.64 Å². The lowest BCUT2D eigenvalue weighted by atomic mass is 10.2. The maximum Gasteiger partial charge on any atom is 0.260 e. The van der Waals surface area contributed by atoms with Gasteiger partial charge in [0.1, 0.15) is 22.8 Å². The molecule has 0 atom stereocenters. The Bertz CT molecular complexity index is 1200. The number of anilines is 1. The van der Waals surface area contributed by atoms with Gasteiger partial charge in [0.05, 0.1) is 4.70 Å². The van der Waals surface area contributed by atoms with Crippen molar-refractivity contribution in [3.8, 4) is 11.5 Å². The molecular weight excluding hydrogens is 461 g/mol. The van der Waals surface area contributed by atoms with Crippen molar-refractivity contribution in [1.29, 1.82) is 0 Å². The standard InChI is InChI=1S/C25H24FN3O2S.ClH/c1-28(2)16-7-17-29(25-27-23-21(26)10-6-11-22(23)32-25)24(30)18-12-14-20(15-13-18)31-19-8-4-3-5-9-19;/h3-6,8-15H,7,16-17H2,1-2H3;1H. The molecule has 0 fully saturated rings. The number of nitrogens with zero attached hydrogens (tertiary/aromatic N) is 3. The number of halogens is 2. The Morgan fingerprint density at radius 1 is 0.939 bits per heavy atom. The normalized spacial score (nSPS) is 10.8. The lowest BCUT2D eigenvalue weighted by Gasteiger charge is -2.21. The van der Waals surface area contributed by atoms with Crippen molar-refractivity contribution in [3.05, 3.63) is 84.2 Å². The maximum absolute atomic E-state index is 14.2. The molecule has 0 N–H and O–H groups in total. The lowest BCUT2D eigenvalue weighted by molar-refractivity contribution is 0.0986. The van der Waals surface area contributed by atoms with Gasteiger partial charge in [-0.2, -0.15) is 0 Å². The van der Waals surface area contributed by atoms with Gasteiger partial charge in [-0.15, -0.1) is 12.4 Å². The summed E-state index contributed by atoms with van der Waals surface area (Å²) in [5.41, 5.74) is 0.819. The third kappa shape index (κ3) is 6.07. The van der Waals surface area contributed by atoms with Gasteiger partial charge in [0.25, 0.3) is 5.91 Å². The number of fused-ring (bicyclic) bond motifs is 1. The Kier molecular flexibility index (Phi) is 8.38. The number of rotatable bonds is 8. The van der Waals surface area contributed by atoms with Crippen LogP contribution in [0, 0.1) is 5.82 Å². The quantitative estimate of drug-likeness (QED) is 0.296. The van der Waals surface area contributed by atoms with Crippen LogP contribution < -0.4 is 9.64 Å². The zero-order valence-corrected chi connectivity index (χ0v) is 20.0. The van der Waals surface area contributed by atoms with Crippen LogP contribution in [0.5, 0.6) is 11.5 Å². The molecule has 1 heterocycles. The zero-order chi connectivity index (χ0) is 22.5. The Hall–Kier alpha value is -3.00. The third-order valence-corrected chi connectivity index (χ3v) is 5.95. The fourth-order valence-corrected chi connectivity index (χ4v) is 4.30. The molecule has 0 aliphatic heterocycles. The number of amides is 1. The second-order valence-corrected chi connectivity index (χ2v) is 8.65. The zero-order valence-electron chi connectivity index (χ0n) is 18.4. The average Bonchev–Trinajstić information content (AvgIpc) is 3.23. The van der Waals surface area contributed by atoms with E-state index < -0.39 is 0 Å². The van der Waals surface area contributed by atoms with Crippen LogP contribution in [-0.2, 0) is 0 Å². The smallest absolute Gasteiger partial charge is 0.260 e. The largest absolute Gasteiger partial charge is 0.457 e. The van der Waals surface area contributed by atoms with Gasteiger partial charge in [0.2, 0.25) is 0 Å². The van der Waals surface area contributed by atoms with E-state index in [0.717, 1.165) is 23.4 Å². The van der Waals surface area contributed by atoms with E-state index in [4.69, 9.17) is 4.74 Å². The van der Waals surface area contributed by atoms with Crippen LogP contribution in [0.3, 0.4) is 0 Å². The highest BCUT2D eigenvalue weighted by atomic mass is 35.5. The molecule has 0 spiro atoms. The number of aromatic nitrogens is 1. The summed E-state index contributed by atoms with van der Waals surface area (Å²) in [5.74, 6) is 0.824. The van der Waals surface area contributed by atoms with Gasteiger partial charge in [-0.05, 0) is 75.6 Å². The van der Waals surface area contributed by atoms with Crippen LogP contribution in [0.1, 0.15) is 16.8 Å². The van der Waals surface area contributed by atoms with Crippen LogP contribution in [0.2, 0.25) is 0 Å². The number of benzene rings is 3. The predicted molar refractivity (Wildman–Crippen MR) is 135 cm³/mol. The summed E-state index contributed by atoms with van der Waals surface area (Å²) in [6.45, 7) is 1.31. The summed E-state index contributed by atoms with van der Waals surface area (Å²) >= 11 is 1.32. The van der Waals surface area contributed by atoms with E-state index in [1.165, 1.54) is 17.4 Å². The molecule has 1 aromatic heterocycles. The molecule has 0 aliphatic carbocycles. The summed E-state index contributed by atoms with van der Waals surface area (Å²) < 4.78 is 20.7. The number of carbonyl (C=O) groups is 1. The Labute approximate surface area is 202 Å². The molecule has 0 saturated carbocycles. The lowest BCUT2D eigenvalue weighted by Crippen LogP contribution is -2.33. The summed E-state index contributed by atoms with van der Waals surface area (Å²) in [4.78, 5) is 21.5. The Morgan fingerprint density at radius 2 is 1.64 bits per heavy atom. The SMILES string of the molecule is CN(C)CCCN(C(=O)c1ccc(Oc2ccccc2)cc1)c1nc2c(F)cccc2s1.Cl. The fraction of sp³-hybridized carbons (Fsp3) is 0.200. The highest BCUT2D eigenvalue weighted by molar-refractivity contribution is 7.22. The topological polar surface area (TPSA) is 45.7 Å². The first-order valence-electron chi connectivity index (χ1n) is 10.4. The first-order chi connectivity index (χ1) is 15.5. The Morgan fingerprint density at radius 3 is 2.30 bits per heavy atom. The van der Waals surface area contributed by atoms with Gasteiger partial charge in [0.15, 0.2) is 5.13 Å². The maximum atomic E-state index is 14.2. The second-order valence-electron chi connectivity index (χ2n) is 7.64. The predicted octanol–water partition coefficient (Wildman–Crippen LogP) is 6.25. The number of carbonyl (C=O) groups excluding carboxylic acids is 1. The highest BCUT2D eigenvalue weighted by Gasteiger charge is 2.22. The molecular formula is C25H25ClFN3O2S. The van der Waals surface area contributed by atoms with E-state index in [1.807, 2.05) is 50.5 Å². The first kappa shape index (κ1) is 24.6. The molecule has 4 aromatic rings. The summed E-state index contributed by atoms with van der Waals surface area (Å²) in [5, 5.41) is 0.499. The van der Waals surface area contributed by atoms with E-state index >= 15 is 0 Å². The third-order valence-electron chi connectivity index (χ3n) is 4.90. The molecule has 0 saturated heterocycles. The monoisotopic (exact) mass is 485 g/mol. The molecule has 0 unspecified atom stereocenters. The van der Waals surface area contributed by atoms with Crippen molar-refractivity contribution < 1.29 is 13.9 Å². The Balaban J connectivity index is 0.00000306. The van der Waals surface area contributed by atoms with Gasteiger partial charge in [-0.1, -0.05) is 35.6 Å².